The smallest absolute Gasteiger partial charge is 0.368 e. The van der Waals surface area contributed by atoms with Gasteiger partial charge >= 0.3 is 6.18 Å². The van der Waals surface area contributed by atoms with Crippen LogP contribution in [0.4, 0.5) is 18.9 Å². The molecule has 5 nitrogen and oxygen atoms in total. The quantitative estimate of drug-likeness (QED) is 0.470. The van der Waals surface area contributed by atoms with Crippen molar-refractivity contribution >= 4 is 29.0 Å². The molecule has 2 aliphatic carbocycles. The molecule has 3 fully saturated rings. The third kappa shape index (κ3) is 4.48. The molecule has 0 radical (unpaired) electrons. The van der Waals surface area contributed by atoms with Crippen LogP contribution in [0.25, 0.3) is 0 Å². The van der Waals surface area contributed by atoms with E-state index < -0.39 is 22.8 Å². The van der Waals surface area contributed by atoms with Crippen LogP contribution in [-0.4, -0.2) is 34.9 Å². The van der Waals surface area contributed by atoms with Gasteiger partial charge in [0.05, 0.1) is 5.69 Å². The fourth-order valence-electron chi connectivity index (χ4n) is 6.36. The maximum absolute atomic E-state index is 13.5. The number of hydrogen-bond donors (Lipinski definition) is 1. The number of nitrogens with one attached hydrogen (secondary N) is 1. The molecule has 38 heavy (non-hydrogen) atoms. The largest absolute Gasteiger partial charge is 0.433 e. The molecule has 1 saturated heterocycles. The van der Waals surface area contributed by atoms with Gasteiger partial charge in [0.25, 0.3) is 5.91 Å². The number of benzene rings is 1. The molecule has 1 aromatic carbocycles. The van der Waals surface area contributed by atoms with Gasteiger partial charge in [-0.15, -0.1) is 0 Å². The van der Waals surface area contributed by atoms with Crippen molar-refractivity contribution in [2.24, 2.45) is 10.9 Å². The van der Waals surface area contributed by atoms with Crippen LogP contribution >= 0.6 is 11.6 Å². The zero-order valence-corrected chi connectivity index (χ0v) is 22.4. The number of pyridine rings is 1. The van der Waals surface area contributed by atoms with Crippen LogP contribution in [0.15, 0.2) is 35.3 Å². The van der Waals surface area contributed by atoms with E-state index in [0.29, 0.717) is 41.5 Å². The Balaban J connectivity index is 1.31. The van der Waals surface area contributed by atoms with Gasteiger partial charge < -0.3 is 10.2 Å². The Morgan fingerprint density at radius 3 is 2.55 bits per heavy atom. The molecule has 1 spiro atoms. The summed E-state index contributed by atoms with van der Waals surface area (Å²) in [6.45, 7) is 4.68. The summed E-state index contributed by atoms with van der Waals surface area (Å²) in [5.74, 6) is 0.892. The number of nitrogens with zero attached hydrogens (tertiary/aromatic N) is 3. The van der Waals surface area contributed by atoms with E-state index in [4.69, 9.17) is 16.6 Å². The van der Waals surface area contributed by atoms with E-state index in [1.54, 1.807) is 0 Å². The van der Waals surface area contributed by atoms with Crippen molar-refractivity contribution in [2.75, 3.05) is 11.4 Å². The van der Waals surface area contributed by atoms with Crippen molar-refractivity contribution in [3.63, 3.8) is 0 Å². The van der Waals surface area contributed by atoms with Crippen LogP contribution in [0, 0.1) is 5.92 Å². The van der Waals surface area contributed by atoms with Gasteiger partial charge in [-0.25, -0.2) is 4.98 Å². The highest BCUT2D eigenvalue weighted by atomic mass is 35.5. The molecule has 2 aliphatic heterocycles. The van der Waals surface area contributed by atoms with E-state index in [-0.39, 0.29) is 11.9 Å². The van der Waals surface area contributed by atoms with E-state index in [1.165, 1.54) is 24.5 Å². The first-order valence-electron chi connectivity index (χ1n) is 13.5. The minimum atomic E-state index is -4.53. The standard InChI is InChI=1S/C29H32ClF3N4O/c1-17-16-28(12-13-37(17)22-15-20(30)7-6-19(22)14-18-4-5-18)26(38)35-25(36-28)21-8-9-23(29(31,32)33)34-24(21)27(2)10-3-11-27/h6-9,15,17-18H,3-5,10-14,16H2,1-2H3,(H,35,36,38)/t17-,28+/m0/s1. The Morgan fingerprint density at radius 2 is 1.92 bits per heavy atom. The lowest BCUT2D eigenvalue weighted by Crippen LogP contribution is -2.53. The lowest BCUT2D eigenvalue weighted by Gasteiger charge is -2.42. The lowest BCUT2D eigenvalue weighted by molar-refractivity contribution is -0.141. The summed E-state index contributed by atoms with van der Waals surface area (Å²) in [5.41, 5.74) is 0.984. The summed E-state index contributed by atoms with van der Waals surface area (Å²) >= 11 is 6.39. The van der Waals surface area contributed by atoms with Crippen LogP contribution in [0.5, 0.6) is 0 Å². The molecule has 0 unspecified atom stereocenters. The predicted octanol–water partition coefficient (Wildman–Crippen LogP) is 6.45. The van der Waals surface area contributed by atoms with Gasteiger partial charge in [-0.2, -0.15) is 13.2 Å². The minimum Gasteiger partial charge on any atom is -0.368 e. The van der Waals surface area contributed by atoms with Crippen molar-refractivity contribution in [3.8, 4) is 0 Å². The number of halogens is 4. The molecule has 1 N–H and O–H groups in total. The summed E-state index contributed by atoms with van der Waals surface area (Å²) in [6, 6.07) is 8.54. The third-order valence-corrected chi connectivity index (χ3v) is 9.18. The first-order chi connectivity index (χ1) is 18.0. The van der Waals surface area contributed by atoms with Crippen molar-refractivity contribution in [3.05, 3.63) is 57.9 Å². The van der Waals surface area contributed by atoms with Crippen LogP contribution in [0.2, 0.25) is 5.02 Å². The highest BCUT2D eigenvalue weighted by Crippen LogP contribution is 2.46. The molecular weight excluding hydrogens is 513 g/mol. The van der Waals surface area contributed by atoms with E-state index in [1.807, 2.05) is 19.1 Å². The summed E-state index contributed by atoms with van der Waals surface area (Å²) in [5, 5.41) is 3.62. The second kappa shape index (κ2) is 8.97. The highest BCUT2D eigenvalue weighted by Gasteiger charge is 2.50. The summed E-state index contributed by atoms with van der Waals surface area (Å²) in [7, 11) is 0. The topological polar surface area (TPSA) is 57.6 Å². The summed E-state index contributed by atoms with van der Waals surface area (Å²) in [6.07, 6.45) is 2.52. The molecule has 3 heterocycles. The SMILES string of the molecule is C[C@H]1C[C@@]2(CCN1c1cc(Cl)ccc1CC1CC1)N=C(c1ccc(C(F)(F)F)nc1C1(C)CCC1)NC2=O. The monoisotopic (exact) mass is 544 g/mol. The second-order valence-corrected chi connectivity index (χ2v) is 12.3. The first kappa shape index (κ1) is 25.7. The van der Waals surface area contributed by atoms with Crippen molar-refractivity contribution in [1.82, 2.24) is 10.3 Å². The number of amides is 1. The van der Waals surface area contributed by atoms with E-state index in [0.717, 1.165) is 43.4 Å². The Hall–Kier alpha value is -2.61. The number of carbonyl (C=O) groups is 1. The minimum absolute atomic E-state index is 0.0309. The molecule has 2 saturated carbocycles. The zero-order chi connectivity index (χ0) is 26.9. The average Bonchev–Trinajstić information content (AvgIpc) is 3.61. The van der Waals surface area contributed by atoms with Gasteiger partial charge in [0.1, 0.15) is 17.1 Å². The molecule has 2 atom stereocenters. The molecule has 0 bridgehead atoms. The Bertz CT molecular complexity index is 1320. The third-order valence-electron chi connectivity index (χ3n) is 8.94. The van der Waals surface area contributed by atoms with Crippen LogP contribution in [0.3, 0.4) is 0 Å². The molecule has 6 rings (SSSR count). The molecular formula is C29H32ClF3N4O. The van der Waals surface area contributed by atoms with Crippen LogP contribution < -0.4 is 10.2 Å². The summed E-state index contributed by atoms with van der Waals surface area (Å²) in [4.78, 5) is 24.7. The number of rotatable bonds is 5. The van der Waals surface area contributed by atoms with Crippen molar-refractivity contribution < 1.29 is 18.0 Å². The van der Waals surface area contributed by atoms with Gasteiger partial charge in [-0.05, 0) is 81.2 Å². The number of carbonyl (C=O) groups excluding carboxylic acids is 1. The number of aliphatic imine (C=N–C) groups is 1. The van der Waals surface area contributed by atoms with E-state index in [2.05, 4.69) is 28.2 Å². The Labute approximate surface area is 225 Å². The van der Waals surface area contributed by atoms with E-state index >= 15 is 0 Å². The van der Waals surface area contributed by atoms with Crippen LogP contribution in [-0.2, 0) is 22.8 Å². The molecule has 9 heteroatoms. The summed E-state index contributed by atoms with van der Waals surface area (Å²) < 4.78 is 40.5. The van der Waals surface area contributed by atoms with Gasteiger partial charge in [0.2, 0.25) is 0 Å². The fourth-order valence-corrected chi connectivity index (χ4v) is 6.52. The molecule has 4 aliphatic rings. The van der Waals surface area contributed by atoms with E-state index in [9.17, 15) is 18.0 Å². The molecule has 2 aromatic rings. The number of piperidine rings is 1. The van der Waals surface area contributed by atoms with Gasteiger partial charge in [0.15, 0.2) is 0 Å². The van der Waals surface area contributed by atoms with Crippen molar-refractivity contribution in [2.45, 2.75) is 88.4 Å². The van der Waals surface area contributed by atoms with Crippen molar-refractivity contribution in [1.29, 1.82) is 0 Å². The molecule has 1 aromatic heterocycles. The first-order valence-corrected chi connectivity index (χ1v) is 13.9. The number of aromatic nitrogens is 1. The van der Waals surface area contributed by atoms with Gasteiger partial charge in [-0.3, -0.25) is 9.79 Å². The highest BCUT2D eigenvalue weighted by molar-refractivity contribution is 6.30. The number of anilines is 1. The average molecular weight is 545 g/mol. The van der Waals surface area contributed by atoms with Crippen LogP contribution in [0.1, 0.15) is 81.3 Å². The normalized spacial score (nSPS) is 26.8. The van der Waals surface area contributed by atoms with Gasteiger partial charge in [0, 0.05) is 40.7 Å². The molecule has 202 valence electrons. The Kier molecular flexibility index (Phi) is 6.05. The molecule has 1 amide bonds. The number of amidine groups is 1. The maximum Gasteiger partial charge on any atom is 0.433 e. The predicted molar refractivity (Wildman–Crippen MR) is 142 cm³/mol. The van der Waals surface area contributed by atoms with Gasteiger partial charge in [-0.1, -0.05) is 31.0 Å². The number of hydrogen-bond acceptors (Lipinski definition) is 4. The maximum atomic E-state index is 13.5. The Morgan fingerprint density at radius 1 is 1.16 bits per heavy atom. The fraction of sp³-hybridized carbons (Fsp3) is 0.552. The zero-order valence-electron chi connectivity index (χ0n) is 21.7. The second-order valence-electron chi connectivity index (χ2n) is 11.9. The lowest BCUT2D eigenvalue weighted by atomic mass is 9.67. The number of alkyl halides is 3.